The van der Waals surface area contributed by atoms with Gasteiger partial charge in [-0.05, 0) is 26.7 Å². The van der Waals surface area contributed by atoms with Gasteiger partial charge in [0.05, 0.1) is 38.5 Å². The summed E-state index contributed by atoms with van der Waals surface area (Å²) in [5.74, 6) is 0. The van der Waals surface area contributed by atoms with Gasteiger partial charge in [0.25, 0.3) is 0 Å². The Morgan fingerprint density at radius 3 is 1.67 bits per heavy atom. The average molecular weight is 300 g/mol. The molecule has 120 valence electrons. The number of ether oxygens (including phenoxy) is 3. The summed E-state index contributed by atoms with van der Waals surface area (Å²) in [5, 5.41) is 0. The molecule has 0 saturated heterocycles. The Morgan fingerprint density at radius 2 is 1.29 bits per heavy atom. The molecular formula is C14H24N2O5. The van der Waals surface area contributed by atoms with Gasteiger partial charge < -0.3 is 14.2 Å². The molecule has 0 spiro atoms. The van der Waals surface area contributed by atoms with E-state index in [2.05, 4.69) is 9.98 Å². The normalized spacial score (nSPS) is 13.0. The second kappa shape index (κ2) is 15.0. The summed E-state index contributed by atoms with van der Waals surface area (Å²) in [4.78, 5) is 26.6. The lowest BCUT2D eigenvalue weighted by molar-refractivity contribution is -0.0469. The minimum Gasteiger partial charge on any atom is -0.376 e. The van der Waals surface area contributed by atoms with Crippen LogP contribution in [0.2, 0.25) is 0 Å². The molecule has 7 heteroatoms. The van der Waals surface area contributed by atoms with Gasteiger partial charge in [-0.1, -0.05) is 0 Å². The maximum absolute atomic E-state index is 9.85. The quantitative estimate of drug-likeness (QED) is 0.274. The van der Waals surface area contributed by atoms with Crippen molar-refractivity contribution >= 4 is 12.2 Å². The van der Waals surface area contributed by atoms with Gasteiger partial charge in [-0.3, -0.25) is 0 Å². The topological polar surface area (TPSA) is 86.6 Å². The number of rotatable bonds is 14. The van der Waals surface area contributed by atoms with E-state index in [9.17, 15) is 9.59 Å². The molecule has 0 bridgehead atoms. The summed E-state index contributed by atoms with van der Waals surface area (Å²) >= 11 is 0. The lowest BCUT2D eigenvalue weighted by Crippen LogP contribution is -2.22. The zero-order valence-electron chi connectivity index (χ0n) is 12.7. The third-order valence-corrected chi connectivity index (χ3v) is 2.47. The summed E-state index contributed by atoms with van der Waals surface area (Å²) in [6.07, 6.45) is 4.34. The Kier molecular flexibility index (Phi) is 14.1. The monoisotopic (exact) mass is 300 g/mol. The van der Waals surface area contributed by atoms with Gasteiger partial charge in [-0.2, -0.15) is 0 Å². The minimum absolute atomic E-state index is 0.0145. The summed E-state index contributed by atoms with van der Waals surface area (Å²) in [5.41, 5.74) is 0. The van der Waals surface area contributed by atoms with E-state index in [1.165, 1.54) is 12.2 Å². The van der Waals surface area contributed by atoms with Gasteiger partial charge in [0.2, 0.25) is 12.2 Å². The first-order valence-corrected chi connectivity index (χ1v) is 7.09. The number of carbonyl (C=O) groups excluding carboxylic acids is 2. The summed E-state index contributed by atoms with van der Waals surface area (Å²) in [7, 11) is 0. The predicted octanol–water partition coefficient (Wildman–Crippen LogP) is 1.26. The van der Waals surface area contributed by atoms with Crippen molar-refractivity contribution in [1.29, 1.82) is 0 Å². The molecule has 0 aliphatic heterocycles. The zero-order valence-corrected chi connectivity index (χ0v) is 12.7. The highest BCUT2D eigenvalue weighted by molar-refractivity contribution is 5.32. The van der Waals surface area contributed by atoms with Crippen LogP contribution in [0.5, 0.6) is 0 Å². The third kappa shape index (κ3) is 14.9. The molecule has 0 aromatic carbocycles. The Bertz CT molecular complexity index is 306. The van der Waals surface area contributed by atoms with Gasteiger partial charge in [-0.15, -0.1) is 0 Å². The van der Waals surface area contributed by atoms with Crippen LogP contribution in [0, 0.1) is 0 Å². The first-order chi connectivity index (χ1) is 10.2. The summed E-state index contributed by atoms with van der Waals surface area (Å²) < 4.78 is 16.5. The Labute approximate surface area is 125 Å². The number of nitrogens with zero attached hydrogens (tertiary/aromatic N) is 2. The molecule has 21 heavy (non-hydrogen) atoms. The molecule has 0 aliphatic rings. The summed E-state index contributed by atoms with van der Waals surface area (Å²) in [6.45, 7) is 6.78. The van der Waals surface area contributed by atoms with E-state index in [0.717, 1.165) is 0 Å². The molecule has 0 radical (unpaired) electrons. The highest BCUT2D eigenvalue weighted by Gasteiger charge is 2.06. The van der Waals surface area contributed by atoms with E-state index in [-0.39, 0.29) is 12.2 Å². The van der Waals surface area contributed by atoms with Crippen LogP contribution in [0.3, 0.4) is 0 Å². The fourth-order valence-electron chi connectivity index (χ4n) is 1.44. The molecule has 2 unspecified atom stereocenters. The Balaban J connectivity index is 3.41. The number of hydrogen-bond acceptors (Lipinski definition) is 7. The molecule has 2 atom stereocenters. The number of isocyanates is 2. The van der Waals surface area contributed by atoms with Crippen molar-refractivity contribution in [2.75, 3.05) is 39.5 Å². The number of aliphatic imine (C=N–C) groups is 2. The van der Waals surface area contributed by atoms with Crippen molar-refractivity contribution in [3.8, 4) is 0 Å². The molecular weight excluding hydrogens is 276 g/mol. The van der Waals surface area contributed by atoms with Crippen molar-refractivity contribution in [3.63, 3.8) is 0 Å². The van der Waals surface area contributed by atoms with E-state index in [1.807, 2.05) is 13.8 Å². The van der Waals surface area contributed by atoms with Crippen molar-refractivity contribution < 1.29 is 23.8 Å². The fourth-order valence-corrected chi connectivity index (χ4v) is 1.44. The number of hydrogen-bond donors (Lipinski definition) is 0. The fraction of sp³-hybridized carbons (Fsp3) is 0.857. The van der Waals surface area contributed by atoms with Crippen LogP contribution in [0.1, 0.15) is 26.7 Å². The highest BCUT2D eigenvalue weighted by Crippen LogP contribution is 1.98. The van der Waals surface area contributed by atoms with Crippen molar-refractivity contribution in [1.82, 2.24) is 0 Å². The molecule has 0 N–H and O–H groups in total. The SMILES string of the molecule is CC(COCC(C)OCCCN=C=O)OCCCN=C=O. The zero-order chi connectivity index (χ0) is 15.8. The molecule has 0 fully saturated rings. The van der Waals surface area contributed by atoms with Crippen molar-refractivity contribution in [3.05, 3.63) is 0 Å². The molecule has 7 nitrogen and oxygen atoms in total. The summed E-state index contributed by atoms with van der Waals surface area (Å²) in [6, 6.07) is 0. The van der Waals surface area contributed by atoms with E-state index >= 15 is 0 Å². The minimum atomic E-state index is -0.0145. The third-order valence-electron chi connectivity index (χ3n) is 2.47. The van der Waals surface area contributed by atoms with Gasteiger partial charge in [0, 0.05) is 13.2 Å². The van der Waals surface area contributed by atoms with Crippen LogP contribution in [-0.2, 0) is 23.8 Å². The first-order valence-electron chi connectivity index (χ1n) is 7.09. The van der Waals surface area contributed by atoms with Crippen molar-refractivity contribution in [2.24, 2.45) is 9.98 Å². The maximum atomic E-state index is 9.85. The van der Waals surface area contributed by atoms with E-state index in [1.54, 1.807) is 0 Å². The lowest BCUT2D eigenvalue weighted by atomic mass is 10.4. The van der Waals surface area contributed by atoms with Crippen LogP contribution >= 0.6 is 0 Å². The van der Waals surface area contributed by atoms with Crippen LogP contribution in [-0.4, -0.2) is 63.9 Å². The second-order valence-corrected chi connectivity index (χ2v) is 4.55. The lowest BCUT2D eigenvalue weighted by Gasteiger charge is -2.16. The van der Waals surface area contributed by atoms with Gasteiger partial charge in [0.1, 0.15) is 0 Å². The van der Waals surface area contributed by atoms with E-state index in [0.29, 0.717) is 52.4 Å². The maximum Gasteiger partial charge on any atom is 0.234 e. The van der Waals surface area contributed by atoms with E-state index < -0.39 is 0 Å². The van der Waals surface area contributed by atoms with E-state index in [4.69, 9.17) is 14.2 Å². The molecule has 0 heterocycles. The molecule has 0 aromatic heterocycles. The van der Waals surface area contributed by atoms with Crippen molar-refractivity contribution in [2.45, 2.75) is 38.9 Å². The molecule has 0 aromatic rings. The molecule has 0 rings (SSSR count). The predicted molar refractivity (Wildman–Crippen MR) is 76.9 cm³/mol. The smallest absolute Gasteiger partial charge is 0.234 e. The van der Waals surface area contributed by atoms with Crippen LogP contribution in [0.15, 0.2) is 9.98 Å². The first kappa shape index (κ1) is 19.6. The van der Waals surface area contributed by atoms with Crippen LogP contribution in [0.25, 0.3) is 0 Å². The van der Waals surface area contributed by atoms with Gasteiger partial charge >= 0.3 is 0 Å². The Hall–Kier alpha value is -1.36. The molecule has 0 saturated carbocycles. The largest absolute Gasteiger partial charge is 0.376 e. The molecule has 0 amide bonds. The van der Waals surface area contributed by atoms with Crippen LogP contribution in [0.4, 0.5) is 0 Å². The standard InChI is InChI=1S/C14H24N2O5/c1-13(20-7-3-5-15-11-17)9-19-10-14(2)21-8-4-6-16-12-18/h13-14H,3-10H2,1-2H3. The van der Waals surface area contributed by atoms with Gasteiger partial charge in [0.15, 0.2) is 0 Å². The average Bonchev–Trinajstić information content (AvgIpc) is 2.47. The second-order valence-electron chi connectivity index (χ2n) is 4.55. The van der Waals surface area contributed by atoms with Gasteiger partial charge in [-0.25, -0.2) is 19.6 Å². The molecule has 0 aliphatic carbocycles. The Morgan fingerprint density at radius 1 is 0.857 bits per heavy atom. The van der Waals surface area contributed by atoms with Crippen LogP contribution < -0.4 is 0 Å². The highest BCUT2D eigenvalue weighted by atomic mass is 16.6.